The molecule has 0 fully saturated rings. The van der Waals surface area contributed by atoms with Gasteiger partial charge in [-0.2, -0.15) is 0 Å². The van der Waals surface area contributed by atoms with Crippen molar-refractivity contribution in [3.63, 3.8) is 0 Å². The van der Waals surface area contributed by atoms with Gasteiger partial charge in [0.05, 0.1) is 10.6 Å². The first kappa shape index (κ1) is 23.4. The molecule has 4 aromatic carbocycles. The van der Waals surface area contributed by atoms with E-state index < -0.39 is 10.0 Å². The van der Waals surface area contributed by atoms with Crippen molar-refractivity contribution in [3.8, 4) is 11.5 Å². The van der Waals surface area contributed by atoms with Gasteiger partial charge in [0.15, 0.2) is 0 Å². The zero-order chi connectivity index (χ0) is 24.1. The molecule has 34 heavy (non-hydrogen) atoms. The summed E-state index contributed by atoms with van der Waals surface area (Å²) >= 11 is 5.95. The number of halogens is 1. The number of ether oxygens (including phenoxy) is 1. The van der Waals surface area contributed by atoms with Gasteiger partial charge in [0.25, 0.3) is 15.9 Å². The fourth-order valence-electron chi connectivity index (χ4n) is 3.23. The minimum atomic E-state index is -3.90. The molecule has 0 aromatic heterocycles. The summed E-state index contributed by atoms with van der Waals surface area (Å²) in [5, 5.41) is 3.16. The average molecular weight is 493 g/mol. The van der Waals surface area contributed by atoms with Gasteiger partial charge in [-0.05, 0) is 79.2 Å². The van der Waals surface area contributed by atoms with E-state index in [0.29, 0.717) is 39.0 Å². The lowest BCUT2D eigenvalue weighted by Crippen LogP contribution is -2.16. The highest BCUT2D eigenvalue weighted by molar-refractivity contribution is 7.92. The third kappa shape index (κ3) is 5.75. The molecule has 0 aliphatic rings. The number of sulfonamides is 1. The van der Waals surface area contributed by atoms with Gasteiger partial charge in [-0.25, -0.2) is 8.42 Å². The number of para-hydroxylation sites is 1. The summed E-state index contributed by atoms with van der Waals surface area (Å²) in [7, 11) is -3.90. The summed E-state index contributed by atoms with van der Waals surface area (Å²) in [6, 6.07) is 27.1. The standard InChI is InChI=1S/C26H21ClN2O4S/c1-18-10-13-21(17-25(18)34(31,32)29-22-7-5-6-20(27)16-22)28-26(30)19-11-14-24(15-12-19)33-23-8-3-2-4-9-23/h2-17,29H,1H3,(H,28,30). The molecule has 0 saturated carbocycles. The minimum Gasteiger partial charge on any atom is -0.457 e. The molecule has 0 saturated heterocycles. The van der Waals surface area contributed by atoms with Crippen LogP contribution in [0.1, 0.15) is 15.9 Å². The number of hydrogen-bond donors (Lipinski definition) is 2. The van der Waals surface area contributed by atoms with Crippen LogP contribution >= 0.6 is 11.6 Å². The highest BCUT2D eigenvalue weighted by atomic mass is 35.5. The Balaban J connectivity index is 1.49. The van der Waals surface area contributed by atoms with Crippen LogP contribution in [0.2, 0.25) is 5.02 Å². The lowest BCUT2D eigenvalue weighted by atomic mass is 10.2. The topological polar surface area (TPSA) is 84.5 Å². The molecule has 0 heterocycles. The van der Waals surface area contributed by atoms with Crippen molar-refractivity contribution < 1.29 is 17.9 Å². The van der Waals surface area contributed by atoms with Crippen molar-refractivity contribution in [1.82, 2.24) is 0 Å². The largest absolute Gasteiger partial charge is 0.457 e. The Bertz CT molecular complexity index is 1420. The van der Waals surface area contributed by atoms with Gasteiger partial charge in [0.1, 0.15) is 11.5 Å². The second-order valence-corrected chi connectivity index (χ2v) is 9.58. The number of carbonyl (C=O) groups is 1. The zero-order valence-corrected chi connectivity index (χ0v) is 19.7. The van der Waals surface area contributed by atoms with Gasteiger partial charge in [-0.3, -0.25) is 9.52 Å². The number of amides is 1. The number of anilines is 2. The van der Waals surface area contributed by atoms with E-state index in [9.17, 15) is 13.2 Å². The molecular formula is C26H21ClN2O4S. The lowest BCUT2D eigenvalue weighted by molar-refractivity contribution is 0.102. The first-order valence-electron chi connectivity index (χ1n) is 10.3. The van der Waals surface area contributed by atoms with Crippen LogP contribution in [0.25, 0.3) is 0 Å². The average Bonchev–Trinajstić information content (AvgIpc) is 2.81. The lowest BCUT2D eigenvalue weighted by Gasteiger charge is -2.13. The van der Waals surface area contributed by atoms with Crippen LogP contribution in [0.15, 0.2) is 102 Å². The smallest absolute Gasteiger partial charge is 0.262 e. The molecule has 1 amide bonds. The summed E-state index contributed by atoms with van der Waals surface area (Å²) in [6.07, 6.45) is 0. The molecule has 0 aliphatic carbocycles. The van der Waals surface area contributed by atoms with E-state index in [4.69, 9.17) is 16.3 Å². The summed E-state index contributed by atoms with van der Waals surface area (Å²) in [4.78, 5) is 12.8. The highest BCUT2D eigenvalue weighted by Gasteiger charge is 2.19. The molecule has 0 atom stereocenters. The van der Waals surface area contributed by atoms with E-state index in [1.165, 1.54) is 12.1 Å². The molecule has 2 N–H and O–H groups in total. The fraction of sp³-hybridized carbons (Fsp3) is 0.0385. The second kappa shape index (κ2) is 9.99. The van der Waals surface area contributed by atoms with Gasteiger partial charge in [-0.1, -0.05) is 41.9 Å². The molecular weight excluding hydrogens is 472 g/mol. The Morgan fingerprint density at radius 1 is 0.794 bits per heavy atom. The highest BCUT2D eigenvalue weighted by Crippen LogP contribution is 2.25. The number of rotatable bonds is 7. The summed E-state index contributed by atoms with van der Waals surface area (Å²) < 4.78 is 34.2. The number of nitrogens with one attached hydrogen (secondary N) is 2. The fourth-order valence-corrected chi connectivity index (χ4v) is 4.74. The number of benzene rings is 4. The van der Waals surface area contributed by atoms with Crippen LogP contribution in [0, 0.1) is 6.92 Å². The molecule has 0 radical (unpaired) electrons. The van der Waals surface area contributed by atoms with Crippen LogP contribution in [0.3, 0.4) is 0 Å². The second-order valence-electron chi connectivity index (χ2n) is 7.49. The maximum atomic E-state index is 12.9. The van der Waals surface area contributed by atoms with Gasteiger partial charge < -0.3 is 10.1 Å². The number of aryl methyl sites for hydroxylation is 1. The molecule has 172 valence electrons. The Morgan fingerprint density at radius 3 is 2.21 bits per heavy atom. The van der Waals surface area contributed by atoms with Gasteiger partial charge >= 0.3 is 0 Å². The number of carbonyl (C=O) groups excluding carboxylic acids is 1. The van der Waals surface area contributed by atoms with Crippen molar-refractivity contribution >= 4 is 38.9 Å². The van der Waals surface area contributed by atoms with Gasteiger partial charge in [0, 0.05) is 16.3 Å². The van der Waals surface area contributed by atoms with Crippen LogP contribution < -0.4 is 14.8 Å². The Labute approximate surface area is 203 Å². The molecule has 0 unspecified atom stereocenters. The van der Waals surface area contributed by atoms with E-state index in [1.54, 1.807) is 61.5 Å². The van der Waals surface area contributed by atoms with Crippen LogP contribution in [0.5, 0.6) is 11.5 Å². The van der Waals surface area contributed by atoms with Crippen molar-refractivity contribution in [2.75, 3.05) is 10.0 Å². The van der Waals surface area contributed by atoms with Crippen molar-refractivity contribution in [3.05, 3.63) is 113 Å². The maximum Gasteiger partial charge on any atom is 0.262 e. The third-order valence-corrected chi connectivity index (χ3v) is 6.67. The molecule has 0 spiro atoms. The van der Waals surface area contributed by atoms with Gasteiger partial charge in [-0.15, -0.1) is 0 Å². The third-order valence-electron chi connectivity index (χ3n) is 4.91. The van der Waals surface area contributed by atoms with Crippen molar-refractivity contribution in [2.24, 2.45) is 0 Å². The van der Waals surface area contributed by atoms with E-state index >= 15 is 0 Å². The van der Waals surface area contributed by atoms with Crippen LogP contribution in [-0.4, -0.2) is 14.3 Å². The SMILES string of the molecule is Cc1ccc(NC(=O)c2ccc(Oc3ccccc3)cc2)cc1S(=O)(=O)Nc1cccc(Cl)c1. The van der Waals surface area contributed by atoms with Crippen LogP contribution in [-0.2, 0) is 10.0 Å². The first-order valence-corrected chi connectivity index (χ1v) is 12.2. The molecule has 0 bridgehead atoms. The van der Waals surface area contributed by atoms with E-state index in [2.05, 4.69) is 10.0 Å². The van der Waals surface area contributed by atoms with E-state index in [1.807, 2.05) is 30.3 Å². The minimum absolute atomic E-state index is 0.0527. The van der Waals surface area contributed by atoms with Crippen molar-refractivity contribution in [2.45, 2.75) is 11.8 Å². The molecule has 4 rings (SSSR count). The summed E-state index contributed by atoms with van der Waals surface area (Å²) in [6.45, 7) is 1.68. The molecule has 4 aromatic rings. The van der Waals surface area contributed by atoms with E-state index in [-0.39, 0.29) is 10.8 Å². The molecule has 0 aliphatic heterocycles. The van der Waals surface area contributed by atoms with Crippen molar-refractivity contribution in [1.29, 1.82) is 0 Å². The Hall–Kier alpha value is -3.81. The normalized spacial score (nSPS) is 11.0. The number of hydrogen-bond acceptors (Lipinski definition) is 4. The summed E-state index contributed by atoms with van der Waals surface area (Å²) in [5.74, 6) is 0.916. The predicted octanol–water partition coefficient (Wildman–Crippen LogP) is 6.49. The zero-order valence-electron chi connectivity index (χ0n) is 18.2. The Morgan fingerprint density at radius 2 is 1.50 bits per heavy atom. The molecule has 6 nitrogen and oxygen atoms in total. The monoisotopic (exact) mass is 492 g/mol. The quantitative estimate of drug-likeness (QED) is 0.308. The predicted molar refractivity (Wildman–Crippen MR) is 134 cm³/mol. The molecule has 8 heteroatoms. The Kier molecular flexibility index (Phi) is 6.86. The first-order chi connectivity index (χ1) is 16.3. The maximum absolute atomic E-state index is 12.9. The van der Waals surface area contributed by atoms with Gasteiger partial charge in [0.2, 0.25) is 0 Å². The van der Waals surface area contributed by atoms with Crippen LogP contribution in [0.4, 0.5) is 11.4 Å². The van der Waals surface area contributed by atoms with E-state index in [0.717, 1.165) is 0 Å². The summed E-state index contributed by atoms with van der Waals surface area (Å²) in [5.41, 5.74) is 1.64.